The van der Waals surface area contributed by atoms with Gasteiger partial charge in [0.2, 0.25) is 11.8 Å². The molecule has 0 heterocycles. The summed E-state index contributed by atoms with van der Waals surface area (Å²) in [6, 6.07) is 26.2. The number of hydrogen-bond donors (Lipinski definition) is 2. The van der Waals surface area contributed by atoms with Crippen LogP contribution < -0.4 is 20.3 Å². The molecule has 47 heavy (non-hydrogen) atoms. The molecule has 0 aliphatic rings. The molecule has 0 spiro atoms. The fourth-order valence-electron chi connectivity index (χ4n) is 4.06. The van der Waals surface area contributed by atoms with Gasteiger partial charge < -0.3 is 9.47 Å². The van der Waals surface area contributed by atoms with E-state index >= 15 is 0 Å². The maximum atomic E-state index is 12.4. The molecule has 0 fully saturated rings. The van der Waals surface area contributed by atoms with Crippen LogP contribution in [-0.4, -0.2) is 36.2 Å². The fraction of sp³-hybridized carbons (Fsp3) is 0.143. The Bertz CT molecular complexity index is 1630. The molecule has 0 saturated carbocycles. The van der Waals surface area contributed by atoms with E-state index in [2.05, 4.69) is 21.1 Å². The average Bonchev–Trinajstić information content (AvgIpc) is 3.06. The standard InChI is InChI=1S/C35H30Cl2N4O6/c36-28-18-14-24(15-19-28)34(44)46-30-10-6-4-8-26(30)22-38-40-32(42)12-2-1-3-13-33(43)41-39-23-27-9-5-7-11-31(27)47-35(45)25-16-20-29(37)21-17-25/h4-11,14-23H,1-3,12-13H2,(H,40,42)(H,41,43). The zero-order valence-electron chi connectivity index (χ0n) is 25.0. The quantitative estimate of drug-likeness (QED) is 0.0488. The Morgan fingerprint density at radius 1 is 0.553 bits per heavy atom. The number of esters is 2. The molecule has 0 saturated heterocycles. The van der Waals surface area contributed by atoms with E-state index in [1.54, 1.807) is 97.1 Å². The summed E-state index contributed by atoms with van der Waals surface area (Å²) >= 11 is 11.7. The maximum absolute atomic E-state index is 12.4. The van der Waals surface area contributed by atoms with Crippen molar-refractivity contribution in [3.63, 3.8) is 0 Å². The first-order valence-corrected chi connectivity index (χ1v) is 15.3. The Morgan fingerprint density at radius 2 is 0.936 bits per heavy atom. The highest BCUT2D eigenvalue weighted by Gasteiger charge is 2.12. The van der Waals surface area contributed by atoms with Crippen molar-refractivity contribution >= 4 is 59.4 Å². The lowest BCUT2D eigenvalue weighted by molar-refractivity contribution is -0.121. The van der Waals surface area contributed by atoms with Gasteiger partial charge in [-0.25, -0.2) is 20.4 Å². The molecule has 4 rings (SSSR count). The molecule has 2 N–H and O–H groups in total. The van der Waals surface area contributed by atoms with Crippen LogP contribution in [0.15, 0.2) is 107 Å². The molecular weight excluding hydrogens is 643 g/mol. The highest BCUT2D eigenvalue weighted by Crippen LogP contribution is 2.20. The lowest BCUT2D eigenvalue weighted by Gasteiger charge is -2.07. The van der Waals surface area contributed by atoms with Gasteiger partial charge in [0, 0.05) is 34.0 Å². The third-order valence-electron chi connectivity index (χ3n) is 6.50. The second-order valence-corrected chi connectivity index (χ2v) is 10.9. The summed E-state index contributed by atoms with van der Waals surface area (Å²) in [4.78, 5) is 49.3. The lowest BCUT2D eigenvalue weighted by atomic mass is 10.1. The number of nitrogens with zero attached hydrogens (tertiary/aromatic N) is 2. The fourth-order valence-corrected chi connectivity index (χ4v) is 4.31. The number of unbranched alkanes of at least 4 members (excludes halogenated alkanes) is 2. The van der Waals surface area contributed by atoms with Crippen LogP contribution in [0.5, 0.6) is 11.5 Å². The molecule has 4 aromatic rings. The number of amides is 2. The normalized spacial score (nSPS) is 10.9. The topological polar surface area (TPSA) is 136 Å². The van der Waals surface area contributed by atoms with E-state index in [9.17, 15) is 19.2 Å². The highest BCUT2D eigenvalue weighted by molar-refractivity contribution is 6.31. The first-order valence-electron chi connectivity index (χ1n) is 14.6. The van der Waals surface area contributed by atoms with Gasteiger partial charge in [0.25, 0.3) is 0 Å². The molecule has 0 aromatic heterocycles. The Labute approximate surface area is 281 Å². The molecule has 0 radical (unpaired) electrons. The molecule has 12 heteroatoms. The van der Waals surface area contributed by atoms with Crippen molar-refractivity contribution in [3.05, 3.63) is 129 Å². The van der Waals surface area contributed by atoms with Crippen LogP contribution in [0.1, 0.15) is 63.9 Å². The van der Waals surface area contributed by atoms with E-state index in [4.69, 9.17) is 32.7 Å². The molecule has 4 aromatic carbocycles. The third-order valence-corrected chi connectivity index (χ3v) is 7.00. The van der Waals surface area contributed by atoms with Crippen molar-refractivity contribution in [3.8, 4) is 11.5 Å². The third kappa shape index (κ3) is 11.5. The van der Waals surface area contributed by atoms with Crippen molar-refractivity contribution < 1.29 is 28.7 Å². The molecule has 0 atom stereocenters. The van der Waals surface area contributed by atoms with E-state index in [-0.39, 0.29) is 36.2 Å². The molecule has 0 unspecified atom stereocenters. The molecule has 0 aliphatic carbocycles. The summed E-state index contributed by atoms with van der Waals surface area (Å²) in [6.07, 6.45) is 4.98. The van der Waals surface area contributed by atoms with E-state index in [1.165, 1.54) is 12.4 Å². The van der Waals surface area contributed by atoms with Crippen LogP contribution in [0.3, 0.4) is 0 Å². The van der Waals surface area contributed by atoms with Crippen molar-refractivity contribution in [2.24, 2.45) is 10.2 Å². The SMILES string of the molecule is O=C(CCCCCC(=O)NN=Cc1ccccc1OC(=O)c1ccc(Cl)cc1)NN=Cc1ccccc1OC(=O)c1ccc(Cl)cc1. The first-order chi connectivity index (χ1) is 22.8. The largest absolute Gasteiger partial charge is 0.422 e. The Balaban J connectivity index is 1.13. The second-order valence-electron chi connectivity index (χ2n) is 10.0. The van der Waals surface area contributed by atoms with Gasteiger partial charge in [-0.15, -0.1) is 0 Å². The van der Waals surface area contributed by atoms with E-state index in [0.717, 1.165) is 0 Å². The predicted molar refractivity (Wildman–Crippen MR) is 180 cm³/mol. The Morgan fingerprint density at radius 3 is 1.34 bits per heavy atom. The van der Waals surface area contributed by atoms with Crippen molar-refractivity contribution in [2.75, 3.05) is 0 Å². The second kappa shape index (κ2) is 18.0. The monoisotopic (exact) mass is 672 g/mol. The Kier molecular flexibility index (Phi) is 13.2. The van der Waals surface area contributed by atoms with Crippen LogP contribution in [-0.2, 0) is 9.59 Å². The number of nitrogens with one attached hydrogen (secondary N) is 2. The van der Waals surface area contributed by atoms with Crippen LogP contribution in [0.2, 0.25) is 10.0 Å². The number of halogens is 2. The zero-order valence-corrected chi connectivity index (χ0v) is 26.5. The van der Waals surface area contributed by atoms with Gasteiger partial charge in [0.1, 0.15) is 11.5 Å². The first kappa shape index (κ1) is 34.6. The number of benzene rings is 4. The van der Waals surface area contributed by atoms with Gasteiger partial charge >= 0.3 is 11.9 Å². The summed E-state index contributed by atoms with van der Waals surface area (Å²) in [6.45, 7) is 0. The number of para-hydroxylation sites is 2. The van der Waals surface area contributed by atoms with Crippen LogP contribution in [0.4, 0.5) is 0 Å². The summed E-state index contributed by atoms with van der Waals surface area (Å²) in [5.41, 5.74) is 6.62. The number of ether oxygens (including phenoxy) is 2. The minimum absolute atomic E-state index is 0.218. The highest BCUT2D eigenvalue weighted by atomic mass is 35.5. The van der Waals surface area contributed by atoms with Crippen LogP contribution in [0.25, 0.3) is 0 Å². The Hall–Kier alpha value is -5.32. The summed E-state index contributed by atoms with van der Waals surface area (Å²) in [7, 11) is 0. The number of hydrazone groups is 2. The zero-order chi connectivity index (χ0) is 33.4. The number of carbonyl (C=O) groups excluding carboxylic acids is 4. The molecular formula is C35H30Cl2N4O6. The molecule has 10 nitrogen and oxygen atoms in total. The molecule has 2 amide bonds. The summed E-state index contributed by atoms with van der Waals surface area (Å²) in [5, 5.41) is 8.96. The maximum Gasteiger partial charge on any atom is 0.343 e. The summed E-state index contributed by atoms with van der Waals surface area (Å²) in [5.74, 6) is -1.11. The predicted octanol–water partition coefficient (Wildman–Crippen LogP) is 6.98. The van der Waals surface area contributed by atoms with E-state index in [1.807, 2.05) is 0 Å². The van der Waals surface area contributed by atoms with Crippen molar-refractivity contribution in [1.29, 1.82) is 0 Å². The van der Waals surface area contributed by atoms with Crippen molar-refractivity contribution in [1.82, 2.24) is 10.9 Å². The number of carbonyl (C=O) groups is 4. The van der Waals surface area contributed by atoms with Gasteiger partial charge in [0.15, 0.2) is 0 Å². The van der Waals surface area contributed by atoms with Crippen LogP contribution in [0, 0.1) is 0 Å². The van der Waals surface area contributed by atoms with Crippen molar-refractivity contribution in [2.45, 2.75) is 32.1 Å². The van der Waals surface area contributed by atoms with Gasteiger partial charge in [-0.05, 0) is 85.6 Å². The minimum Gasteiger partial charge on any atom is -0.422 e. The van der Waals surface area contributed by atoms with Gasteiger partial charge in [-0.3, -0.25) is 9.59 Å². The number of rotatable bonds is 14. The van der Waals surface area contributed by atoms with Gasteiger partial charge in [-0.1, -0.05) is 53.9 Å². The van der Waals surface area contributed by atoms with E-state index < -0.39 is 11.9 Å². The average molecular weight is 674 g/mol. The molecule has 0 aliphatic heterocycles. The minimum atomic E-state index is -0.550. The molecule has 0 bridgehead atoms. The lowest BCUT2D eigenvalue weighted by Crippen LogP contribution is -2.18. The van der Waals surface area contributed by atoms with E-state index in [0.29, 0.717) is 51.6 Å². The number of hydrogen-bond acceptors (Lipinski definition) is 8. The van der Waals surface area contributed by atoms with Crippen LogP contribution >= 0.6 is 23.2 Å². The molecule has 240 valence electrons. The van der Waals surface area contributed by atoms with Gasteiger partial charge in [0.05, 0.1) is 23.6 Å². The van der Waals surface area contributed by atoms with Gasteiger partial charge in [-0.2, -0.15) is 10.2 Å². The smallest absolute Gasteiger partial charge is 0.343 e. The summed E-state index contributed by atoms with van der Waals surface area (Å²) < 4.78 is 11.0.